The average molecular weight is 399 g/mol. The first kappa shape index (κ1) is 17.1. The van der Waals surface area contributed by atoms with Crippen molar-refractivity contribution in [3.05, 3.63) is 59.8 Å². The first-order valence-corrected chi connectivity index (χ1v) is 9.90. The van der Waals surface area contributed by atoms with E-state index < -0.39 is 17.9 Å². The quantitative estimate of drug-likeness (QED) is 0.686. The predicted molar refractivity (Wildman–Crippen MR) is 106 cm³/mol. The summed E-state index contributed by atoms with van der Waals surface area (Å²) in [6.45, 7) is 0.882. The number of rotatable bonds is 1. The van der Waals surface area contributed by atoms with Gasteiger partial charge in [0.25, 0.3) is 0 Å². The summed E-state index contributed by atoms with van der Waals surface area (Å²) in [5, 5.41) is 9.87. The van der Waals surface area contributed by atoms with Crippen molar-refractivity contribution in [2.75, 3.05) is 18.1 Å². The lowest BCUT2D eigenvalue weighted by molar-refractivity contribution is -0.123. The van der Waals surface area contributed by atoms with Gasteiger partial charge < -0.3 is 14.4 Å². The molecular formula is C23H17N3O4. The number of ether oxygens (including phenoxy) is 2. The second-order valence-corrected chi connectivity index (χ2v) is 7.80. The van der Waals surface area contributed by atoms with Crippen molar-refractivity contribution in [1.29, 1.82) is 5.26 Å². The molecule has 2 saturated heterocycles. The summed E-state index contributed by atoms with van der Waals surface area (Å²) in [5.41, 5.74) is 2.43. The third-order valence-corrected chi connectivity index (χ3v) is 6.38. The minimum Gasteiger partial charge on any atom is -0.486 e. The number of anilines is 1. The summed E-state index contributed by atoms with van der Waals surface area (Å²) >= 11 is 0. The molecule has 0 aliphatic carbocycles. The number of nitrogens with zero attached hydrogens (tertiary/aromatic N) is 3. The first-order chi connectivity index (χ1) is 14.7. The van der Waals surface area contributed by atoms with E-state index in [0.717, 1.165) is 11.1 Å². The Kier molecular flexibility index (Phi) is 3.48. The lowest BCUT2D eigenvalue weighted by Gasteiger charge is -2.33. The van der Waals surface area contributed by atoms with E-state index in [4.69, 9.17) is 9.47 Å². The maximum absolute atomic E-state index is 13.6. The molecule has 0 aromatic heterocycles. The molecule has 2 aromatic rings. The molecule has 2 aromatic carbocycles. The molecule has 0 unspecified atom stereocenters. The molecular weight excluding hydrogens is 382 g/mol. The fraction of sp³-hybridized carbons (Fsp3) is 0.261. The van der Waals surface area contributed by atoms with Crippen molar-refractivity contribution in [2.24, 2.45) is 11.8 Å². The fourth-order valence-electron chi connectivity index (χ4n) is 5.13. The van der Waals surface area contributed by atoms with Gasteiger partial charge in [0.15, 0.2) is 11.5 Å². The van der Waals surface area contributed by atoms with Crippen LogP contribution in [-0.2, 0) is 9.59 Å². The van der Waals surface area contributed by atoms with Gasteiger partial charge in [0.05, 0.1) is 29.6 Å². The summed E-state index contributed by atoms with van der Waals surface area (Å²) < 4.78 is 11.2. The van der Waals surface area contributed by atoms with E-state index in [-0.39, 0.29) is 17.9 Å². The highest BCUT2D eigenvalue weighted by Gasteiger charge is 2.63. The number of amides is 2. The van der Waals surface area contributed by atoms with Crippen LogP contribution < -0.4 is 14.4 Å². The van der Waals surface area contributed by atoms with Crippen molar-refractivity contribution in [3.8, 4) is 17.6 Å². The van der Waals surface area contributed by atoms with Crippen LogP contribution in [-0.4, -0.2) is 36.0 Å². The molecule has 2 amide bonds. The molecule has 148 valence electrons. The van der Waals surface area contributed by atoms with Crippen LogP contribution in [0.1, 0.15) is 17.2 Å². The Labute approximate surface area is 172 Å². The predicted octanol–water partition coefficient (Wildman–Crippen LogP) is 2.50. The van der Waals surface area contributed by atoms with E-state index in [0.29, 0.717) is 30.4 Å². The Morgan fingerprint density at radius 2 is 1.73 bits per heavy atom. The van der Waals surface area contributed by atoms with Crippen LogP contribution in [0.25, 0.3) is 6.08 Å². The SMILES string of the molecule is N#C[C@@H]1[C@@H]2C(=O)N(c3ccc4c(c3)OCCO4)C(=O)[C@@H]2[C@H]2c3ccccc3C=CN12. The third-order valence-electron chi connectivity index (χ3n) is 6.38. The Morgan fingerprint density at radius 1 is 0.967 bits per heavy atom. The molecule has 7 nitrogen and oxygen atoms in total. The van der Waals surface area contributed by atoms with E-state index in [9.17, 15) is 14.9 Å². The molecule has 4 aliphatic rings. The second kappa shape index (κ2) is 6.10. The summed E-state index contributed by atoms with van der Waals surface area (Å²) in [5.74, 6) is -0.830. The lowest BCUT2D eigenvalue weighted by atomic mass is 9.85. The molecule has 4 atom stereocenters. The van der Waals surface area contributed by atoms with Gasteiger partial charge in [-0.15, -0.1) is 0 Å². The van der Waals surface area contributed by atoms with Gasteiger partial charge in [0.2, 0.25) is 11.8 Å². The van der Waals surface area contributed by atoms with E-state index >= 15 is 0 Å². The van der Waals surface area contributed by atoms with Crippen LogP contribution in [0.15, 0.2) is 48.7 Å². The molecule has 6 rings (SSSR count). The Balaban J connectivity index is 1.44. The molecule has 0 spiro atoms. The zero-order valence-electron chi connectivity index (χ0n) is 15.9. The van der Waals surface area contributed by atoms with Crippen molar-refractivity contribution >= 4 is 23.6 Å². The number of benzene rings is 2. The van der Waals surface area contributed by atoms with Gasteiger partial charge in [0.1, 0.15) is 19.3 Å². The molecule has 4 heterocycles. The minimum absolute atomic E-state index is 0.278. The van der Waals surface area contributed by atoms with Gasteiger partial charge in [-0.25, -0.2) is 4.90 Å². The van der Waals surface area contributed by atoms with Crippen LogP contribution in [0.5, 0.6) is 11.5 Å². The van der Waals surface area contributed by atoms with Gasteiger partial charge in [-0.05, 0) is 29.3 Å². The summed E-state index contributed by atoms with van der Waals surface area (Å²) in [4.78, 5) is 30.1. The van der Waals surface area contributed by atoms with E-state index in [2.05, 4.69) is 6.07 Å². The monoisotopic (exact) mass is 399 g/mol. The molecule has 30 heavy (non-hydrogen) atoms. The van der Waals surface area contributed by atoms with Crippen LogP contribution >= 0.6 is 0 Å². The molecule has 0 saturated carbocycles. The number of fused-ring (bicyclic) bond motifs is 6. The van der Waals surface area contributed by atoms with E-state index in [1.165, 1.54) is 4.90 Å². The van der Waals surface area contributed by atoms with E-state index in [1.54, 1.807) is 18.2 Å². The summed E-state index contributed by atoms with van der Waals surface area (Å²) in [6.07, 6.45) is 3.78. The van der Waals surface area contributed by atoms with Crippen molar-refractivity contribution in [2.45, 2.75) is 12.1 Å². The number of carbonyl (C=O) groups excluding carboxylic acids is 2. The third kappa shape index (κ3) is 2.13. The Morgan fingerprint density at radius 3 is 2.57 bits per heavy atom. The molecule has 2 fully saturated rings. The first-order valence-electron chi connectivity index (χ1n) is 9.90. The lowest BCUT2D eigenvalue weighted by Crippen LogP contribution is -2.40. The zero-order valence-corrected chi connectivity index (χ0v) is 15.9. The number of hydrogen-bond donors (Lipinski definition) is 0. The fourth-order valence-corrected chi connectivity index (χ4v) is 5.13. The summed E-state index contributed by atoms with van der Waals surface area (Å²) in [7, 11) is 0. The molecule has 0 radical (unpaired) electrons. The van der Waals surface area contributed by atoms with Crippen LogP contribution in [0.4, 0.5) is 5.69 Å². The standard InChI is InChI=1S/C23H17N3O4/c24-12-16-19-20(21-15-4-2-1-3-13(15)7-8-25(16)21)23(28)26(22(19)27)14-5-6-17-18(11-14)30-10-9-29-17/h1-8,11,16,19-21H,9-10H2/t16-,19+,20+,21-/m1/s1. The van der Waals surface area contributed by atoms with Crippen molar-refractivity contribution < 1.29 is 19.1 Å². The average Bonchev–Trinajstić information content (AvgIpc) is 3.25. The molecule has 0 N–H and O–H groups in total. The van der Waals surface area contributed by atoms with E-state index in [1.807, 2.05) is 41.4 Å². The van der Waals surface area contributed by atoms with Crippen LogP contribution in [0, 0.1) is 23.2 Å². The van der Waals surface area contributed by atoms with Crippen molar-refractivity contribution in [1.82, 2.24) is 4.90 Å². The number of hydrogen-bond acceptors (Lipinski definition) is 6. The van der Waals surface area contributed by atoms with Gasteiger partial charge in [-0.2, -0.15) is 5.26 Å². The van der Waals surface area contributed by atoms with Crippen molar-refractivity contribution in [3.63, 3.8) is 0 Å². The second-order valence-electron chi connectivity index (χ2n) is 7.80. The topological polar surface area (TPSA) is 82.9 Å². The molecule has 7 heteroatoms. The Hall–Kier alpha value is -3.79. The zero-order chi connectivity index (χ0) is 20.4. The van der Waals surface area contributed by atoms with Gasteiger partial charge in [-0.3, -0.25) is 9.59 Å². The largest absolute Gasteiger partial charge is 0.486 e. The number of imide groups is 1. The maximum Gasteiger partial charge on any atom is 0.240 e. The van der Waals surface area contributed by atoms with Gasteiger partial charge >= 0.3 is 0 Å². The normalized spacial score (nSPS) is 28.1. The van der Waals surface area contributed by atoms with Crippen LogP contribution in [0.2, 0.25) is 0 Å². The highest BCUT2D eigenvalue weighted by molar-refractivity contribution is 6.23. The number of carbonyl (C=O) groups is 2. The smallest absolute Gasteiger partial charge is 0.240 e. The highest BCUT2D eigenvalue weighted by Crippen LogP contribution is 2.53. The van der Waals surface area contributed by atoms with Gasteiger partial charge in [0, 0.05) is 12.3 Å². The molecule has 0 bridgehead atoms. The minimum atomic E-state index is -0.712. The van der Waals surface area contributed by atoms with Crippen LogP contribution in [0.3, 0.4) is 0 Å². The molecule has 4 aliphatic heterocycles. The Bertz CT molecular complexity index is 1170. The maximum atomic E-state index is 13.6. The number of nitriles is 1. The highest BCUT2D eigenvalue weighted by atomic mass is 16.6. The summed E-state index contributed by atoms with van der Waals surface area (Å²) in [6, 6.07) is 14.1. The van der Waals surface area contributed by atoms with Gasteiger partial charge in [-0.1, -0.05) is 24.3 Å².